The summed E-state index contributed by atoms with van der Waals surface area (Å²) < 4.78 is 10.9. The van der Waals surface area contributed by atoms with E-state index in [4.69, 9.17) is 9.47 Å². The van der Waals surface area contributed by atoms with Gasteiger partial charge in [-0.1, -0.05) is 41.9 Å². The molecule has 0 heterocycles. The zero-order valence-corrected chi connectivity index (χ0v) is 12.9. The Morgan fingerprint density at radius 3 is 2.44 bits per heavy atom. The Morgan fingerprint density at radius 2 is 1.89 bits per heavy atom. The van der Waals surface area contributed by atoms with E-state index in [0.29, 0.717) is 18.6 Å². The zero-order chi connectivity index (χ0) is 13.4. The van der Waals surface area contributed by atoms with Crippen molar-refractivity contribution < 1.29 is 9.47 Å². The van der Waals surface area contributed by atoms with Crippen LogP contribution in [0.2, 0.25) is 0 Å². The molecule has 0 aliphatic heterocycles. The molecule has 4 heteroatoms. The fourth-order valence-corrected chi connectivity index (χ4v) is 2.59. The van der Waals surface area contributed by atoms with Crippen LogP contribution in [0.3, 0.4) is 0 Å². The molecule has 1 unspecified atom stereocenters. The first-order valence-electron chi connectivity index (χ1n) is 6.24. The third-order valence-electron chi connectivity index (χ3n) is 2.81. The first-order chi connectivity index (χ1) is 8.69. The largest absolute Gasteiger partial charge is 0.493 e. The molecule has 1 atom stereocenters. The lowest BCUT2D eigenvalue weighted by atomic mass is 10.1. The Bertz CT molecular complexity index is 344. The second kappa shape index (κ2) is 8.38. The van der Waals surface area contributed by atoms with Crippen LogP contribution < -0.4 is 14.8 Å². The number of hydrogen-bond donors (Lipinski definition) is 1. The molecule has 0 saturated heterocycles. The van der Waals surface area contributed by atoms with Crippen LogP contribution in [0.15, 0.2) is 24.3 Å². The topological polar surface area (TPSA) is 30.5 Å². The van der Waals surface area contributed by atoms with Crippen LogP contribution in [-0.4, -0.2) is 31.6 Å². The number of nitrogens with one attached hydrogen (secondary N) is 1. The quantitative estimate of drug-likeness (QED) is 0.590. The molecule has 1 aromatic carbocycles. The van der Waals surface area contributed by atoms with E-state index in [1.807, 2.05) is 24.3 Å². The first-order valence-corrected chi connectivity index (χ1v) is 7.36. The van der Waals surface area contributed by atoms with Crippen molar-refractivity contribution in [1.82, 2.24) is 5.32 Å². The number of halogens is 1. The summed E-state index contributed by atoms with van der Waals surface area (Å²) in [4.78, 5) is 0. The van der Waals surface area contributed by atoms with Gasteiger partial charge in [0.25, 0.3) is 0 Å². The van der Waals surface area contributed by atoms with Crippen LogP contribution in [0.4, 0.5) is 0 Å². The van der Waals surface area contributed by atoms with E-state index < -0.39 is 0 Å². The van der Waals surface area contributed by atoms with Gasteiger partial charge in [0.2, 0.25) is 0 Å². The molecule has 18 heavy (non-hydrogen) atoms. The molecule has 0 saturated carbocycles. The van der Waals surface area contributed by atoms with E-state index >= 15 is 0 Å². The molecule has 3 nitrogen and oxygen atoms in total. The molecule has 1 N–H and O–H groups in total. The molecule has 0 aromatic heterocycles. The molecule has 0 spiro atoms. The molecule has 0 aliphatic rings. The fraction of sp³-hybridized carbons (Fsp3) is 0.571. The summed E-state index contributed by atoms with van der Waals surface area (Å²) >= 11 is 3.51. The van der Waals surface area contributed by atoms with Gasteiger partial charge in [0.15, 0.2) is 11.5 Å². The van der Waals surface area contributed by atoms with E-state index in [1.54, 1.807) is 7.11 Å². The number of methoxy groups -OCH3 is 1. The van der Waals surface area contributed by atoms with Gasteiger partial charge in [-0.2, -0.15) is 0 Å². The summed E-state index contributed by atoms with van der Waals surface area (Å²) in [5.41, 5.74) is 0. The summed E-state index contributed by atoms with van der Waals surface area (Å²) in [6, 6.07) is 8.18. The van der Waals surface area contributed by atoms with E-state index in [2.05, 4.69) is 35.1 Å². The maximum atomic E-state index is 5.70. The van der Waals surface area contributed by atoms with Crippen LogP contribution in [0.5, 0.6) is 11.5 Å². The number of ether oxygens (including phenoxy) is 2. The number of hydrogen-bond acceptors (Lipinski definition) is 3. The average molecular weight is 316 g/mol. The highest BCUT2D eigenvalue weighted by atomic mass is 79.9. The molecule has 0 amide bonds. The lowest BCUT2D eigenvalue weighted by molar-refractivity contribution is 0.281. The molecule has 1 aromatic rings. The van der Waals surface area contributed by atoms with E-state index in [9.17, 15) is 0 Å². The smallest absolute Gasteiger partial charge is 0.161 e. The van der Waals surface area contributed by atoms with Crippen LogP contribution in [0.1, 0.15) is 13.8 Å². The second-order valence-electron chi connectivity index (χ2n) is 4.46. The Kier molecular flexibility index (Phi) is 7.13. The summed E-state index contributed by atoms with van der Waals surface area (Å²) in [5.74, 6) is 2.18. The van der Waals surface area contributed by atoms with Crippen molar-refractivity contribution in [2.24, 2.45) is 5.92 Å². The van der Waals surface area contributed by atoms with Crippen LogP contribution in [-0.2, 0) is 0 Å². The predicted molar refractivity (Wildman–Crippen MR) is 78.9 cm³/mol. The van der Waals surface area contributed by atoms with Gasteiger partial charge in [-0.3, -0.25) is 0 Å². The summed E-state index contributed by atoms with van der Waals surface area (Å²) in [5, 5.41) is 4.42. The van der Waals surface area contributed by atoms with Gasteiger partial charge in [-0.25, -0.2) is 0 Å². The van der Waals surface area contributed by atoms with Crippen LogP contribution >= 0.6 is 15.9 Å². The minimum Gasteiger partial charge on any atom is -0.493 e. The molecular weight excluding hydrogens is 294 g/mol. The zero-order valence-electron chi connectivity index (χ0n) is 11.3. The van der Waals surface area contributed by atoms with Gasteiger partial charge in [0.05, 0.1) is 7.11 Å². The molecule has 1 rings (SSSR count). The van der Waals surface area contributed by atoms with E-state index in [1.165, 1.54) is 0 Å². The summed E-state index contributed by atoms with van der Waals surface area (Å²) in [6.07, 6.45) is 0. The fourth-order valence-electron chi connectivity index (χ4n) is 1.61. The normalized spacial score (nSPS) is 12.5. The third-order valence-corrected chi connectivity index (χ3v) is 3.50. The lowest BCUT2D eigenvalue weighted by Gasteiger charge is -2.20. The highest BCUT2D eigenvalue weighted by Crippen LogP contribution is 2.25. The Labute approximate surface area is 118 Å². The van der Waals surface area contributed by atoms with Crippen molar-refractivity contribution in [3.63, 3.8) is 0 Å². The number of para-hydroxylation sites is 2. The van der Waals surface area contributed by atoms with Gasteiger partial charge in [0, 0.05) is 17.9 Å². The summed E-state index contributed by atoms with van der Waals surface area (Å²) in [6.45, 7) is 5.88. The van der Waals surface area contributed by atoms with Crippen molar-refractivity contribution in [3.05, 3.63) is 24.3 Å². The summed E-state index contributed by atoms with van der Waals surface area (Å²) in [7, 11) is 1.65. The first kappa shape index (κ1) is 15.3. The highest BCUT2D eigenvalue weighted by Gasteiger charge is 2.10. The second-order valence-corrected chi connectivity index (χ2v) is 5.11. The number of rotatable bonds is 8. The third kappa shape index (κ3) is 4.86. The van der Waals surface area contributed by atoms with Crippen molar-refractivity contribution in [1.29, 1.82) is 0 Å². The van der Waals surface area contributed by atoms with Gasteiger partial charge in [-0.15, -0.1) is 0 Å². The van der Waals surface area contributed by atoms with Crippen molar-refractivity contribution >= 4 is 15.9 Å². The molecule has 0 fully saturated rings. The lowest BCUT2D eigenvalue weighted by Crippen LogP contribution is -2.37. The average Bonchev–Trinajstić information content (AvgIpc) is 2.38. The van der Waals surface area contributed by atoms with E-state index in [0.717, 1.165) is 23.4 Å². The maximum Gasteiger partial charge on any atom is 0.161 e. The van der Waals surface area contributed by atoms with E-state index in [-0.39, 0.29) is 0 Å². The molecule has 0 aliphatic carbocycles. The Balaban J connectivity index is 2.33. The minimum atomic E-state index is 0.478. The SMILES string of the molecule is COc1ccccc1OCCNC(CBr)C(C)C. The van der Waals surface area contributed by atoms with Crippen LogP contribution in [0, 0.1) is 5.92 Å². The van der Waals surface area contributed by atoms with Crippen molar-refractivity contribution in [2.45, 2.75) is 19.9 Å². The molecule has 0 bridgehead atoms. The molecule has 102 valence electrons. The number of alkyl halides is 1. The van der Waals surface area contributed by atoms with Gasteiger partial charge >= 0.3 is 0 Å². The Morgan fingerprint density at radius 1 is 1.22 bits per heavy atom. The molecule has 0 radical (unpaired) electrons. The monoisotopic (exact) mass is 315 g/mol. The van der Waals surface area contributed by atoms with Gasteiger partial charge in [-0.05, 0) is 18.1 Å². The predicted octanol–water partition coefficient (Wildman–Crippen LogP) is 3.08. The number of benzene rings is 1. The van der Waals surface area contributed by atoms with Crippen molar-refractivity contribution in [2.75, 3.05) is 25.6 Å². The molecular formula is C14H22BrNO2. The highest BCUT2D eigenvalue weighted by molar-refractivity contribution is 9.09. The van der Waals surface area contributed by atoms with Gasteiger partial charge in [0.1, 0.15) is 6.61 Å². The Hall–Kier alpha value is -0.740. The standard InChI is InChI=1S/C14H22BrNO2/c1-11(2)12(10-15)16-8-9-18-14-7-5-4-6-13(14)17-3/h4-7,11-12,16H,8-10H2,1-3H3. The van der Waals surface area contributed by atoms with Crippen LogP contribution in [0.25, 0.3) is 0 Å². The van der Waals surface area contributed by atoms with Gasteiger partial charge < -0.3 is 14.8 Å². The van der Waals surface area contributed by atoms with Crippen molar-refractivity contribution in [3.8, 4) is 11.5 Å². The maximum absolute atomic E-state index is 5.70. The minimum absolute atomic E-state index is 0.478.